The van der Waals surface area contributed by atoms with Crippen LogP contribution < -0.4 is 9.62 Å². The second-order valence-electron chi connectivity index (χ2n) is 5.79. The number of aryl methyl sites for hydroxylation is 1. The number of sulfonamides is 1. The third-order valence-corrected chi connectivity index (χ3v) is 6.37. The van der Waals surface area contributed by atoms with Crippen molar-refractivity contribution in [2.24, 2.45) is 0 Å². The van der Waals surface area contributed by atoms with E-state index in [4.69, 9.17) is 34.8 Å². The van der Waals surface area contributed by atoms with Gasteiger partial charge in [-0.3, -0.25) is 9.10 Å². The summed E-state index contributed by atoms with van der Waals surface area (Å²) in [5.41, 5.74) is 2.04. The molecule has 5 nitrogen and oxygen atoms in total. The number of amides is 1. The first kappa shape index (κ1) is 19.3. The van der Waals surface area contributed by atoms with E-state index in [0.717, 1.165) is 18.4 Å². The van der Waals surface area contributed by atoms with Crippen molar-refractivity contribution in [3.05, 3.63) is 54.1 Å². The highest BCUT2D eigenvalue weighted by Crippen LogP contribution is 2.32. The summed E-state index contributed by atoms with van der Waals surface area (Å²) in [6.45, 7) is 0.422. The van der Waals surface area contributed by atoms with Gasteiger partial charge in [0.15, 0.2) is 0 Å². The number of fused-ring (bicyclic) bond motifs is 1. The van der Waals surface area contributed by atoms with Gasteiger partial charge in [0, 0.05) is 12.2 Å². The summed E-state index contributed by atoms with van der Waals surface area (Å²) < 4.78 is 25.4. The van der Waals surface area contributed by atoms with Crippen LogP contribution >= 0.6 is 34.8 Å². The molecule has 0 fully saturated rings. The molecule has 0 aromatic heterocycles. The standard InChI is InChI=1S/C17H15Cl3N2O3S/c18-17(19,20)16(23)21-13-7-9-14(10-8-13)26(24,25)22-11-3-5-12-4-1-2-6-15(12)22/h1-2,4,6-10H,3,5,11H2,(H,21,23). The molecule has 0 radical (unpaired) electrons. The van der Waals surface area contributed by atoms with E-state index in [9.17, 15) is 13.2 Å². The van der Waals surface area contributed by atoms with Gasteiger partial charge in [0.25, 0.3) is 19.7 Å². The van der Waals surface area contributed by atoms with E-state index >= 15 is 0 Å². The molecule has 1 N–H and O–H groups in total. The van der Waals surface area contributed by atoms with Gasteiger partial charge in [-0.25, -0.2) is 8.42 Å². The zero-order chi connectivity index (χ0) is 18.9. The summed E-state index contributed by atoms with van der Waals surface area (Å²) in [6, 6.07) is 13.2. The number of para-hydroxylation sites is 1. The number of nitrogens with one attached hydrogen (secondary N) is 1. The van der Waals surface area contributed by atoms with Gasteiger partial charge in [-0.05, 0) is 48.7 Å². The minimum Gasteiger partial charge on any atom is -0.322 e. The van der Waals surface area contributed by atoms with Crippen molar-refractivity contribution < 1.29 is 13.2 Å². The Bertz CT molecular complexity index is 925. The lowest BCUT2D eigenvalue weighted by Crippen LogP contribution is -2.35. The van der Waals surface area contributed by atoms with Gasteiger partial charge in [-0.1, -0.05) is 53.0 Å². The molecule has 1 amide bonds. The molecule has 1 aliphatic heterocycles. The Morgan fingerprint density at radius 2 is 1.69 bits per heavy atom. The molecule has 0 atom stereocenters. The molecular formula is C17H15Cl3N2O3S. The molecule has 0 unspecified atom stereocenters. The summed E-state index contributed by atoms with van der Waals surface area (Å²) in [7, 11) is -3.71. The van der Waals surface area contributed by atoms with E-state index in [2.05, 4.69) is 5.32 Å². The lowest BCUT2D eigenvalue weighted by Gasteiger charge is -2.30. The van der Waals surface area contributed by atoms with Crippen molar-refractivity contribution >= 4 is 62.1 Å². The number of benzene rings is 2. The van der Waals surface area contributed by atoms with Gasteiger partial charge in [0.1, 0.15) is 0 Å². The minimum atomic E-state index is -3.71. The average Bonchev–Trinajstić information content (AvgIpc) is 2.61. The van der Waals surface area contributed by atoms with Gasteiger partial charge in [0.05, 0.1) is 10.6 Å². The predicted molar refractivity (Wildman–Crippen MR) is 105 cm³/mol. The van der Waals surface area contributed by atoms with Crippen LogP contribution in [0.4, 0.5) is 11.4 Å². The maximum atomic E-state index is 13.0. The van der Waals surface area contributed by atoms with E-state index in [1.54, 1.807) is 0 Å². The minimum absolute atomic E-state index is 0.126. The third kappa shape index (κ3) is 3.93. The largest absolute Gasteiger partial charge is 0.322 e. The highest BCUT2D eigenvalue weighted by atomic mass is 35.6. The SMILES string of the molecule is O=C(Nc1ccc(S(=O)(=O)N2CCCc3ccccc32)cc1)C(Cl)(Cl)Cl. The second-order valence-corrected chi connectivity index (χ2v) is 9.93. The number of rotatable bonds is 3. The molecule has 0 aliphatic carbocycles. The van der Waals surface area contributed by atoms with Gasteiger partial charge in [-0.2, -0.15) is 0 Å². The van der Waals surface area contributed by atoms with E-state index < -0.39 is 19.7 Å². The highest BCUT2D eigenvalue weighted by Gasteiger charge is 2.31. The first-order chi connectivity index (χ1) is 12.2. The Kier molecular flexibility index (Phi) is 5.40. The zero-order valence-electron chi connectivity index (χ0n) is 13.5. The molecule has 2 aromatic rings. The van der Waals surface area contributed by atoms with Crippen LogP contribution in [-0.2, 0) is 21.2 Å². The fourth-order valence-corrected chi connectivity index (χ4v) is 4.47. The van der Waals surface area contributed by atoms with Crippen LogP contribution in [0.15, 0.2) is 53.4 Å². The number of halogens is 3. The zero-order valence-corrected chi connectivity index (χ0v) is 16.5. The van der Waals surface area contributed by atoms with E-state index in [1.807, 2.05) is 24.3 Å². The van der Waals surface area contributed by atoms with Gasteiger partial charge in [-0.15, -0.1) is 0 Å². The van der Waals surface area contributed by atoms with Crippen LogP contribution in [-0.4, -0.2) is 24.7 Å². The molecule has 0 saturated heterocycles. The van der Waals surface area contributed by atoms with Crippen molar-refractivity contribution in [1.29, 1.82) is 0 Å². The van der Waals surface area contributed by atoms with Gasteiger partial charge >= 0.3 is 0 Å². The van der Waals surface area contributed by atoms with Gasteiger partial charge < -0.3 is 5.32 Å². The summed E-state index contributed by atoms with van der Waals surface area (Å²) in [6.07, 6.45) is 1.61. The van der Waals surface area contributed by atoms with Crippen molar-refractivity contribution in [3.8, 4) is 0 Å². The summed E-state index contributed by atoms with van der Waals surface area (Å²) >= 11 is 16.5. The summed E-state index contributed by atoms with van der Waals surface area (Å²) in [4.78, 5) is 11.8. The van der Waals surface area contributed by atoms with Crippen LogP contribution in [0.3, 0.4) is 0 Å². The monoisotopic (exact) mass is 432 g/mol. The fraction of sp³-hybridized carbons (Fsp3) is 0.235. The third-order valence-electron chi connectivity index (χ3n) is 4.03. The number of carbonyl (C=O) groups is 1. The molecule has 1 aliphatic rings. The molecule has 0 saturated carbocycles. The Morgan fingerprint density at radius 3 is 2.35 bits per heavy atom. The van der Waals surface area contributed by atoms with Crippen LogP contribution in [0, 0.1) is 0 Å². The molecular weight excluding hydrogens is 419 g/mol. The van der Waals surface area contributed by atoms with Crippen LogP contribution in [0.25, 0.3) is 0 Å². The Balaban J connectivity index is 1.86. The number of alkyl halides is 3. The lowest BCUT2D eigenvalue weighted by atomic mass is 10.0. The smallest absolute Gasteiger partial charge is 0.276 e. The average molecular weight is 434 g/mol. The molecule has 3 rings (SSSR count). The number of carbonyl (C=O) groups excluding carboxylic acids is 1. The number of nitrogens with zero attached hydrogens (tertiary/aromatic N) is 1. The van der Waals surface area contributed by atoms with Crippen LogP contribution in [0.1, 0.15) is 12.0 Å². The second kappa shape index (κ2) is 7.27. The molecule has 0 spiro atoms. The Morgan fingerprint density at radius 1 is 1.04 bits per heavy atom. The van der Waals surface area contributed by atoms with E-state index in [-0.39, 0.29) is 4.90 Å². The highest BCUT2D eigenvalue weighted by molar-refractivity contribution is 7.92. The molecule has 26 heavy (non-hydrogen) atoms. The fourth-order valence-electron chi connectivity index (χ4n) is 2.79. The molecule has 9 heteroatoms. The number of hydrogen-bond acceptors (Lipinski definition) is 3. The molecule has 1 heterocycles. The first-order valence-electron chi connectivity index (χ1n) is 7.78. The van der Waals surface area contributed by atoms with E-state index in [1.165, 1.54) is 28.6 Å². The van der Waals surface area contributed by atoms with Crippen LogP contribution in [0.5, 0.6) is 0 Å². The molecule has 0 bridgehead atoms. The molecule has 2 aromatic carbocycles. The maximum absolute atomic E-state index is 13.0. The first-order valence-corrected chi connectivity index (χ1v) is 10.4. The maximum Gasteiger partial charge on any atom is 0.276 e. The number of anilines is 2. The topological polar surface area (TPSA) is 66.5 Å². The van der Waals surface area contributed by atoms with E-state index in [0.29, 0.717) is 17.9 Å². The van der Waals surface area contributed by atoms with Crippen molar-refractivity contribution in [3.63, 3.8) is 0 Å². The van der Waals surface area contributed by atoms with Gasteiger partial charge in [0.2, 0.25) is 0 Å². The Hall–Kier alpha value is -1.47. The normalized spacial score (nSPS) is 14.7. The Labute approximate surface area is 166 Å². The molecule has 138 valence electrons. The summed E-state index contributed by atoms with van der Waals surface area (Å²) in [5, 5.41) is 2.41. The van der Waals surface area contributed by atoms with Crippen molar-refractivity contribution in [2.45, 2.75) is 21.5 Å². The number of hydrogen-bond donors (Lipinski definition) is 1. The van der Waals surface area contributed by atoms with Crippen molar-refractivity contribution in [2.75, 3.05) is 16.2 Å². The van der Waals surface area contributed by atoms with Crippen molar-refractivity contribution in [1.82, 2.24) is 0 Å². The predicted octanol–water partition coefficient (Wildman–Crippen LogP) is 4.14. The quantitative estimate of drug-likeness (QED) is 0.740. The summed E-state index contributed by atoms with van der Waals surface area (Å²) in [5.74, 6) is -0.817. The lowest BCUT2D eigenvalue weighted by molar-refractivity contribution is -0.115. The van der Waals surface area contributed by atoms with Crippen LogP contribution in [0.2, 0.25) is 0 Å².